The summed E-state index contributed by atoms with van der Waals surface area (Å²) in [6, 6.07) is 16.0. The van der Waals surface area contributed by atoms with E-state index in [1.165, 1.54) is 0 Å². The fraction of sp³-hybridized carbons (Fsp3) is 0. The first-order chi connectivity index (χ1) is 10.3. The molecule has 1 heterocycles. The highest BCUT2D eigenvalue weighted by Crippen LogP contribution is 2.33. The Bertz CT molecular complexity index is 878. The van der Waals surface area contributed by atoms with Crippen molar-refractivity contribution in [2.45, 2.75) is 0 Å². The first-order valence-corrected chi connectivity index (χ1v) is 6.51. The lowest BCUT2D eigenvalue weighted by atomic mass is 9.86. The Balaban J connectivity index is 1.98. The van der Waals surface area contributed by atoms with Gasteiger partial charge >= 0.3 is 0 Å². The fourth-order valence-electron chi connectivity index (χ4n) is 2.58. The number of nitrogens with zero attached hydrogens (tertiary/aromatic N) is 1. The Hall–Kier alpha value is -3.01. The Morgan fingerprint density at radius 3 is 2.10 bits per heavy atom. The third-order valence-corrected chi connectivity index (χ3v) is 3.59. The molecule has 1 aliphatic carbocycles. The molecule has 0 aliphatic heterocycles. The third kappa shape index (κ3) is 1.59. The predicted octanol–water partition coefficient (Wildman–Crippen LogP) is 3.12. The Morgan fingerprint density at radius 1 is 0.762 bits per heavy atom. The summed E-state index contributed by atoms with van der Waals surface area (Å²) in [5.74, 6) is -0.493. The second-order valence-electron chi connectivity index (χ2n) is 4.81. The number of fused-ring (bicyclic) bond motifs is 2. The molecule has 0 fully saturated rings. The fourth-order valence-corrected chi connectivity index (χ4v) is 2.58. The summed E-state index contributed by atoms with van der Waals surface area (Å²) in [7, 11) is 0. The van der Waals surface area contributed by atoms with Gasteiger partial charge in [-0.3, -0.25) is 9.59 Å². The second kappa shape index (κ2) is 4.24. The molecule has 0 N–H and O–H groups in total. The van der Waals surface area contributed by atoms with E-state index in [9.17, 15) is 9.59 Å². The normalized spacial score (nSPS) is 13.0. The van der Waals surface area contributed by atoms with Gasteiger partial charge in [-0.25, -0.2) is 0 Å². The molecular weight excluding hydrogens is 266 g/mol. The quantitative estimate of drug-likeness (QED) is 0.535. The summed E-state index contributed by atoms with van der Waals surface area (Å²) in [4.78, 5) is 25.1. The molecule has 21 heavy (non-hydrogen) atoms. The van der Waals surface area contributed by atoms with Gasteiger partial charge in [-0.2, -0.15) is 0 Å². The number of hydrogen-bond acceptors (Lipinski definition) is 4. The van der Waals surface area contributed by atoms with E-state index in [-0.39, 0.29) is 22.9 Å². The first-order valence-electron chi connectivity index (χ1n) is 6.51. The van der Waals surface area contributed by atoms with E-state index in [2.05, 4.69) is 5.16 Å². The van der Waals surface area contributed by atoms with Crippen LogP contribution >= 0.6 is 0 Å². The highest BCUT2D eigenvalue weighted by molar-refractivity contribution is 6.29. The summed E-state index contributed by atoms with van der Waals surface area (Å²) in [5.41, 5.74) is 2.19. The monoisotopic (exact) mass is 275 g/mol. The zero-order valence-electron chi connectivity index (χ0n) is 10.9. The molecule has 0 unspecified atom stereocenters. The molecule has 0 atom stereocenters. The summed E-state index contributed by atoms with van der Waals surface area (Å²) in [6.45, 7) is 0. The molecule has 2 aromatic carbocycles. The molecule has 0 radical (unpaired) electrons. The van der Waals surface area contributed by atoms with Crippen LogP contribution in [0.15, 0.2) is 59.1 Å². The van der Waals surface area contributed by atoms with Crippen molar-refractivity contribution < 1.29 is 14.1 Å². The number of benzene rings is 2. The van der Waals surface area contributed by atoms with E-state index in [0.717, 1.165) is 5.56 Å². The molecule has 0 saturated heterocycles. The van der Waals surface area contributed by atoms with Crippen LogP contribution in [0.2, 0.25) is 0 Å². The Kier molecular flexibility index (Phi) is 2.38. The highest BCUT2D eigenvalue weighted by Gasteiger charge is 2.36. The third-order valence-electron chi connectivity index (χ3n) is 3.59. The van der Waals surface area contributed by atoms with Gasteiger partial charge in [0.05, 0.1) is 0 Å². The minimum atomic E-state index is -0.296. The SMILES string of the molecule is O=C1c2ccccc2C(=O)c2c(-c3ccccc3)noc21. The van der Waals surface area contributed by atoms with Crippen LogP contribution in [0.25, 0.3) is 11.3 Å². The largest absolute Gasteiger partial charge is 0.351 e. The molecule has 1 aromatic heterocycles. The molecule has 100 valence electrons. The van der Waals surface area contributed by atoms with Crippen molar-refractivity contribution in [1.82, 2.24) is 5.16 Å². The van der Waals surface area contributed by atoms with Gasteiger partial charge < -0.3 is 4.52 Å². The molecule has 1 aliphatic rings. The van der Waals surface area contributed by atoms with Crippen molar-refractivity contribution in [2.75, 3.05) is 0 Å². The maximum atomic E-state index is 12.7. The molecule has 0 bridgehead atoms. The average molecular weight is 275 g/mol. The van der Waals surface area contributed by atoms with Crippen LogP contribution in [0.1, 0.15) is 32.0 Å². The average Bonchev–Trinajstić information content (AvgIpc) is 2.99. The lowest BCUT2D eigenvalue weighted by Crippen LogP contribution is -2.19. The lowest BCUT2D eigenvalue weighted by molar-refractivity contribution is 0.0955. The molecule has 0 spiro atoms. The first kappa shape index (κ1) is 11.8. The summed E-state index contributed by atoms with van der Waals surface area (Å²) in [6.07, 6.45) is 0. The van der Waals surface area contributed by atoms with Crippen molar-refractivity contribution in [1.29, 1.82) is 0 Å². The van der Waals surface area contributed by atoms with Crippen LogP contribution < -0.4 is 0 Å². The maximum absolute atomic E-state index is 12.7. The van der Waals surface area contributed by atoms with Crippen LogP contribution in [0, 0.1) is 0 Å². The number of ketones is 2. The topological polar surface area (TPSA) is 60.2 Å². The number of aromatic nitrogens is 1. The van der Waals surface area contributed by atoms with Gasteiger partial charge in [-0.1, -0.05) is 59.8 Å². The second-order valence-corrected chi connectivity index (χ2v) is 4.81. The van der Waals surface area contributed by atoms with Crippen LogP contribution in [-0.2, 0) is 0 Å². The van der Waals surface area contributed by atoms with Crippen molar-refractivity contribution in [3.63, 3.8) is 0 Å². The van der Waals surface area contributed by atoms with Crippen molar-refractivity contribution in [3.05, 3.63) is 77.0 Å². The van der Waals surface area contributed by atoms with Gasteiger partial charge in [-0.05, 0) is 0 Å². The Morgan fingerprint density at radius 2 is 1.38 bits per heavy atom. The van der Waals surface area contributed by atoms with Gasteiger partial charge in [0.1, 0.15) is 11.3 Å². The number of rotatable bonds is 1. The van der Waals surface area contributed by atoms with E-state index < -0.39 is 0 Å². The molecule has 4 heteroatoms. The number of carbonyl (C=O) groups excluding carboxylic acids is 2. The highest BCUT2D eigenvalue weighted by atomic mass is 16.5. The van der Waals surface area contributed by atoms with Gasteiger partial charge in [0.2, 0.25) is 11.5 Å². The van der Waals surface area contributed by atoms with Crippen LogP contribution in [0.3, 0.4) is 0 Å². The van der Waals surface area contributed by atoms with Crippen molar-refractivity contribution in [3.8, 4) is 11.3 Å². The molecule has 4 rings (SSSR count). The standard InChI is InChI=1S/C17H9NO3/c19-15-11-8-4-5-9-12(11)16(20)17-13(15)14(18-21-17)10-6-2-1-3-7-10/h1-9H. The number of carbonyl (C=O) groups is 2. The van der Waals surface area contributed by atoms with Crippen LogP contribution in [0.5, 0.6) is 0 Å². The zero-order chi connectivity index (χ0) is 14.4. The van der Waals surface area contributed by atoms with Crippen molar-refractivity contribution in [2.24, 2.45) is 0 Å². The molecule has 0 amide bonds. The van der Waals surface area contributed by atoms with E-state index in [1.54, 1.807) is 24.3 Å². The molecule has 3 aromatic rings. The smallest absolute Gasteiger partial charge is 0.232 e. The van der Waals surface area contributed by atoms with Crippen molar-refractivity contribution >= 4 is 11.6 Å². The van der Waals surface area contributed by atoms with Gasteiger partial charge in [0, 0.05) is 16.7 Å². The van der Waals surface area contributed by atoms with Gasteiger partial charge in [0.15, 0.2) is 5.78 Å². The minimum Gasteiger partial charge on any atom is -0.351 e. The molecule has 4 nitrogen and oxygen atoms in total. The van der Waals surface area contributed by atoms with Gasteiger partial charge in [0.25, 0.3) is 0 Å². The Labute approximate surface area is 120 Å². The zero-order valence-corrected chi connectivity index (χ0v) is 10.9. The van der Waals surface area contributed by atoms with E-state index >= 15 is 0 Å². The summed E-state index contributed by atoms with van der Waals surface area (Å²) in [5, 5.41) is 3.94. The lowest BCUT2D eigenvalue weighted by Gasteiger charge is -2.12. The summed E-state index contributed by atoms with van der Waals surface area (Å²) >= 11 is 0. The minimum absolute atomic E-state index is 0.0255. The van der Waals surface area contributed by atoms with E-state index in [0.29, 0.717) is 16.8 Å². The van der Waals surface area contributed by atoms with Crippen LogP contribution in [-0.4, -0.2) is 16.7 Å². The maximum Gasteiger partial charge on any atom is 0.232 e. The van der Waals surface area contributed by atoms with Crippen LogP contribution in [0.4, 0.5) is 0 Å². The predicted molar refractivity (Wildman–Crippen MR) is 75.2 cm³/mol. The summed E-state index contributed by atoms with van der Waals surface area (Å²) < 4.78 is 5.16. The number of hydrogen-bond donors (Lipinski definition) is 0. The molecular formula is C17H9NO3. The van der Waals surface area contributed by atoms with E-state index in [1.807, 2.05) is 30.3 Å². The molecule has 0 saturated carbocycles. The van der Waals surface area contributed by atoms with E-state index in [4.69, 9.17) is 4.52 Å². The van der Waals surface area contributed by atoms with Gasteiger partial charge in [-0.15, -0.1) is 0 Å².